The Labute approximate surface area is 159 Å². The molecular weight excluding hydrogens is 352 g/mol. The standard InChI is InChI=1S/C19H26N2O4S/c1-6-24-18(22)16-12(4)20-19(26)21-17(16)13-7-8-14(15(9-13)23-5)25-10-11(2)3/h7-9,11,17H,6,10H2,1-5H3,(H2,20,21,26). The van der Waals surface area contributed by atoms with Gasteiger partial charge >= 0.3 is 5.97 Å². The molecule has 0 aliphatic carbocycles. The highest BCUT2D eigenvalue weighted by Gasteiger charge is 2.31. The maximum Gasteiger partial charge on any atom is 0.338 e. The number of carbonyl (C=O) groups is 1. The molecule has 0 aromatic heterocycles. The summed E-state index contributed by atoms with van der Waals surface area (Å²) in [5, 5.41) is 6.58. The SMILES string of the molecule is CCOC(=O)C1=C(C)NC(=S)NC1c1ccc(OCC(C)C)c(OC)c1. The van der Waals surface area contributed by atoms with Crippen molar-refractivity contribution in [1.82, 2.24) is 10.6 Å². The maximum atomic E-state index is 12.4. The van der Waals surface area contributed by atoms with E-state index in [0.29, 0.717) is 47.0 Å². The van der Waals surface area contributed by atoms with Crippen molar-refractivity contribution in [3.05, 3.63) is 35.0 Å². The third-order valence-corrected chi connectivity index (χ3v) is 4.08. The van der Waals surface area contributed by atoms with E-state index in [4.69, 9.17) is 26.4 Å². The molecule has 142 valence electrons. The second-order valence-corrected chi connectivity index (χ2v) is 6.81. The molecule has 26 heavy (non-hydrogen) atoms. The summed E-state index contributed by atoms with van der Waals surface area (Å²) in [6.07, 6.45) is 0. The summed E-state index contributed by atoms with van der Waals surface area (Å²) in [6, 6.07) is 5.18. The van der Waals surface area contributed by atoms with Crippen molar-refractivity contribution in [2.45, 2.75) is 33.7 Å². The average molecular weight is 378 g/mol. The highest BCUT2D eigenvalue weighted by molar-refractivity contribution is 7.80. The molecule has 0 fully saturated rings. The molecule has 1 unspecified atom stereocenters. The average Bonchev–Trinajstić information content (AvgIpc) is 2.59. The molecule has 7 heteroatoms. The Bertz CT molecular complexity index is 715. The Kier molecular flexibility index (Phi) is 6.85. The first-order chi connectivity index (χ1) is 12.4. The lowest BCUT2D eigenvalue weighted by atomic mass is 9.95. The van der Waals surface area contributed by atoms with Gasteiger partial charge in [-0.05, 0) is 49.7 Å². The number of hydrogen-bond donors (Lipinski definition) is 2. The highest BCUT2D eigenvalue weighted by Crippen LogP contribution is 2.34. The lowest BCUT2D eigenvalue weighted by Gasteiger charge is -2.30. The Morgan fingerprint density at radius 3 is 2.65 bits per heavy atom. The smallest absolute Gasteiger partial charge is 0.338 e. The van der Waals surface area contributed by atoms with Gasteiger partial charge in [-0.25, -0.2) is 4.79 Å². The lowest BCUT2D eigenvalue weighted by molar-refractivity contribution is -0.139. The largest absolute Gasteiger partial charge is 0.493 e. The van der Waals surface area contributed by atoms with Crippen LogP contribution in [0.25, 0.3) is 0 Å². The van der Waals surface area contributed by atoms with Crippen LogP contribution in [0.5, 0.6) is 11.5 Å². The fourth-order valence-electron chi connectivity index (χ4n) is 2.66. The molecule has 0 spiro atoms. The number of methoxy groups -OCH3 is 1. The predicted octanol–water partition coefficient (Wildman–Crippen LogP) is 3.09. The summed E-state index contributed by atoms with van der Waals surface area (Å²) >= 11 is 5.26. The molecule has 1 aromatic carbocycles. The first-order valence-electron chi connectivity index (χ1n) is 8.63. The van der Waals surface area contributed by atoms with Crippen LogP contribution in [-0.2, 0) is 9.53 Å². The molecule has 0 saturated heterocycles. The predicted molar refractivity (Wildman–Crippen MR) is 104 cm³/mol. The van der Waals surface area contributed by atoms with Crippen molar-refractivity contribution in [3.8, 4) is 11.5 Å². The van der Waals surface area contributed by atoms with Gasteiger partial charge in [-0.2, -0.15) is 0 Å². The number of nitrogens with one attached hydrogen (secondary N) is 2. The second-order valence-electron chi connectivity index (χ2n) is 6.41. The lowest BCUT2D eigenvalue weighted by Crippen LogP contribution is -2.45. The third kappa shape index (κ3) is 4.66. The molecule has 0 amide bonds. The molecule has 1 heterocycles. The van der Waals surface area contributed by atoms with Crippen molar-refractivity contribution in [2.24, 2.45) is 5.92 Å². The zero-order valence-corrected chi connectivity index (χ0v) is 16.7. The summed E-state index contributed by atoms with van der Waals surface area (Å²) in [6.45, 7) is 8.65. The first kappa shape index (κ1) is 20.0. The normalized spacial score (nSPS) is 16.8. The molecule has 0 bridgehead atoms. The molecule has 6 nitrogen and oxygen atoms in total. The second kappa shape index (κ2) is 8.89. The summed E-state index contributed by atoms with van der Waals surface area (Å²) in [5.74, 6) is 1.30. The van der Waals surface area contributed by atoms with Crippen LogP contribution in [0.4, 0.5) is 0 Å². The number of thiocarbonyl (C=S) groups is 1. The van der Waals surface area contributed by atoms with Crippen molar-refractivity contribution < 1.29 is 19.0 Å². The van der Waals surface area contributed by atoms with Gasteiger partial charge in [0.1, 0.15) is 0 Å². The van der Waals surface area contributed by atoms with E-state index in [2.05, 4.69) is 24.5 Å². The van der Waals surface area contributed by atoms with E-state index in [1.807, 2.05) is 25.1 Å². The van der Waals surface area contributed by atoms with Crippen LogP contribution in [0.3, 0.4) is 0 Å². The maximum absolute atomic E-state index is 12.4. The molecule has 2 N–H and O–H groups in total. The topological polar surface area (TPSA) is 68.8 Å². The van der Waals surface area contributed by atoms with Gasteiger partial charge < -0.3 is 24.8 Å². The minimum Gasteiger partial charge on any atom is -0.493 e. The van der Waals surface area contributed by atoms with Crippen LogP contribution >= 0.6 is 12.2 Å². The Balaban J connectivity index is 2.39. The fourth-order valence-corrected chi connectivity index (χ4v) is 2.93. The van der Waals surface area contributed by atoms with E-state index < -0.39 is 6.04 Å². The van der Waals surface area contributed by atoms with Gasteiger partial charge in [-0.15, -0.1) is 0 Å². The number of ether oxygens (including phenoxy) is 3. The minimum absolute atomic E-state index is 0.304. The number of carbonyl (C=O) groups excluding carboxylic acids is 1. The van der Waals surface area contributed by atoms with Crippen LogP contribution in [0.1, 0.15) is 39.3 Å². The molecule has 1 aliphatic rings. The van der Waals surface area contributed by atoms with E-state index in [1.54, 1.807) is 14.0 Å². The van der Waals surface area contributed by atoms with Gasteiger partial charge in [0.15, 0.2) is 16.6 Å². The minimum atomic E-state index is -0.421. The monoisotopic (exact) mass is 378 g/mol. The van der Waals surface area contributed by atoms with Crippen LogP contribution in [-0.4, -0.2) is 31.4 Å². The zero-order valence-electron chi connectivity index (χ0n) is 15.8. The molecule has 0 radical (unpaired) electrons. The molecule has 0 saturated carbocycles. The number of benzene rings is 1. The van der Waals surface area contributed by atoms with Gasteiger partial charge in [0.05, 0.1) is 31.9 Å². The van der Waals surface area contributed by atoms with Crippen molar-refractivity contribution >= 4 is 23.3 Å². The van der Waals surface area contributed by atoms with Gasteiger partial charge in [-0.1, -0.05) is 19.9 Å². The third-order valence-electron chi connectivity index (χ3n) is 3.86. The molecule has 1 aliphatic heterocycles. The van der Waals surface area contributed by atoms with Gasteiger partial charge in [0.2, 0.25) is 0 Å². The molecule has 1 atom stereocenters. The summed E-state index contributed by atoms with van der Waals surface area (Å²) in [7, 11) is 1.59. The highest BCUT2D eigenvalue weighted by atomic mass is 32.1. The molecular formula is C19H26N2O4S. The van der Waals surface area contributed by atoms with E-state index in [1.165, 1.54) is 0 Å². The summed E-state index contributed by atoms with van der Waals surface area (Å²) in [5.41, 5.74) is 2.01. The van der Waals surface area contributed by atoms with Crippen LogP contribution in [0, 0.1) is 5.92 Å². The van der Waals surface area contributed by atoms with E-state index >= 15 is 0 Å². The van der Waals surface area contributed by atoms with Crippen LogP contribution in [0.2, 0.25) is 0 Å². The van der Waals surface area contributed by atoms with Crippen molar-refractivity contribution in [1.29, 1.82) is 0 Å². The van der Waals surface area contributed by atoms with E-state index in [-0.39, 0.29) is 5.97 Å². The van der Waals surface area contributed by atoms with Crippen molar-refractivity contribution in [2.75, 3.05) is 20.3 Å². The fraction of sp³-hybridized carbons (Fsp3) is 0.474. The quantitative estimate of drug-likeness (QED) is 0.558. The number of rotatable bonds is 7. The zero-order chi connectivity index (χ0) is 19.3. The molecule has 2 rings (SSSR count). The number of hydrogen-bond acceptors (Lipinski definition) is 5. The number of allylic oxidation sites excluding steroid dienone is 1. The van der Waals surface area contributed by atoms with E-state index in [0.717, 1.165) is 5.56 Å². The summed E-state index contributed by atoms with van der Waals surface area (Å²) < 4.78 is 16.5. The van der Waals surface area contributed by atoms with Gasteiger partial charge in [0.25, 0.3) is 0 Å². The van der Waals surface area contributed by atoms with Crippen molar-refractivity contribution in [3.63, 3.8) is 0 Å². The Morgan fingerprint density at radius 2 is 2.04 bits per heavy atom. The first-order valence-corrected chi connectivity index (χ1v) is 9.04. The van der Waals surface area contributed by atoms with Crippen LogP contribution in [0.15, 0.2) is 29.5 Å². The van der Waals surface area contributed by atoms with Crippen LogP contribution < -0.4 is 20.1 Å². The Hall–Kier alpha value is -2.28. The number of esters is 1. The summed E-state index contributed by atoms with van der Waals surface area (Å²) in [4.78, 5) is 12.4. The van der Waals surface area contributed by atoms with Gasteiger partial charge in [-0.3, -0.25) is 0 Å². The van der Waals surface area contributed by atoms with Gasteiger partial charge in [0, 0.05) is 5.70 Å². The van der Waals surface area contributed by atoms with E-state index in [9.17, 15) is 4.79 Å². The Morgan fingerprint density at radius 1 is 1.31 bits per heavy atom. The molecule has 1 aromatic rings.